The molecular formula is C9H18FNO. The van der Waals surface area contributed by atoms with E-state index in [2.05, 4.69) is 0 Å². The maximum absolute atomic E-state index is 12.6. The molecule has 0 aromatic heterocycles. The van der Waals surface area contributed by atoms with Crippen LogP contribution < -0.4 is 0 Å². The summed E-state index contributed by atoms with van der Waals surface area (Å²) in [6, 6.07) is 0.0903. The van der Waals surface area contributed by atoms with Crippen LogP contribution in [0.15, 0.2) is 0 Å². The zero-order chi connectivity index (χ0) is 9.72. The van der Waals surface area contributed by atoms with E-state index >= 15 is 0 Å². The monoisotopic (exact) mass is 175 g/mol. The largest absolute Gasteiger partial charge is 0.337 e. The van der Waals surface area contributed by atoms with Crippen LogP contribution in [-0.2, 0) is 4.79 Å². The minimum Gasteiger partial charge on any atom is -0.337 e. The summed E-state index contributed by atoms with van der Waals surface area (Å²) in [6.45, 7) is 7.64. The molecule has 1 aliphatic rings. The molecule has 0 spiro atoms. The number of likely N-dealkylation sites (tertiary alicyclic amines) is 1. The molecule has 0 radical (unpaired) electrons. The van der Waals surface area contributed by atoms with Crippen molar-refractivity contribution in [2.24, 2.45) is 0 Å². The maximum atomic E-state index is 12.6. The molecule has 2 atom stereocenters. The zero-order valence-electron chi connectivity index (χ0n) is 8.30. The molecule has 1 saturated heterocycles. The van der Waals surface area contributed by atoms with Crippen LogP contribution in [-0.4, -0.2) is 29.6 Å². The average molecular weight is 175 g/mol. The lowest BCUT2D eigenvalue weighted by atomic mass is 10.2. The third kappa shape index (κ3) is 2.80. The summed E-state index contributed by atoms with van der Waals surface area (Å²) in [4.78, 5) is 12.3. The highest BCUT2D eigenvalue weighted by molar-refractivity contribution is 5.73. The Morgan fingerprint density at radius 3 is 2.17 bits per heavy atom. The Balaban J connectivity index is 0.000000561. The first-order valence-corrected chi connectivity index (χ1v) is 4.52. The van der Waals surface area contributed by atoms with E-state index in [1.54, 1.807) is 4.90 Å². The normalized spacial score (nSPS) is 27.9. The number of halogens is 1. The number of carbonyl (C=O) groups excluding carboxylic acids is 1. The second kappa shape index (κ2) is 5.12. The van der Waals surface area contributed by atoms with Gasteiger partial charge >= 0.3 is 0 Å². The molecule has 2 unspecified atom stereocenters. The van der Waals surface area contributed by atoms with E-state index in [4.69, 9.17) is 0 Å². The molecule has 72 valence electrons. The Morgan fingerprint density at radius 1 is 1.50 bits per heavy atom. The van der Waals surface area contributed by atoms with Gasteiger partial charge in [-0.1, -0.05) is 13.8 Å². The average Bonchev–Trinajstić information content (AvgIpc) is 2.34. The van der Waals surface area contributed by atoms with Gasteiger partial charge < -0.3 is 4.90 Å². The van der Waals surface area contributed by atoms with E-state index < -0.39 is 6.17 Å². The first kappa shape index (κ1) is 11.4. The molecule has 0 aromatic rings. The highest BCUT2D eigenvalue weighted by atomic mass is 19.1. The number of nitrogens with zero attached hydrogens (tertiary/aromatic N) is 1. The topological polar surface area (TPSA) is 20.3 Å². The van der Waals surface area contributed by atoms with Crippen LogP contribution >= 0.6 is 0 Å². The van der Waals surface area contributed by atoms with E-state index in [0.717, 1.165) is 0 Å². The van der Waals surface area contributed by atoms with Crippen molar-refractivity contribution < 1.29 is 9.18 Å². The van der Waals surface area contributed by atoms with Gasteiger partial charge in [-0.05, 0) is 6.92 Å². The van der Waals surface area contributed by atoms with Gasteiger partial charge in [-0.25, -0.2) is 4.39 Å². The van der Waals surface area contributed by atoms with Crippen molar-refractivity contribution in [3.05, 3.63) is 0 Å². The quantitative estimate of drug-likeness (QED) is 0.551. The third-order valence-electron chi connectivity index (χ3n) is 1.93. The van der Waals surface area contributed by atoms with Gasteiger partial charge in [0.25, 0.3) is 0 Å². The first-order valence-electron chi connectivity index (χ1n) is 4.52. The van der Waals surface area contributed by atoms with E-state index in [0.29, 0.717) is 6.42 Å². The first-order chi connectivity index (χ1) is 5.61. The summed E-state index contributed by atoms with van der Waals surface area (Å²) in [6.07, 6.45) is -0.307. The zero-order valence-corrected chi connectivity index (χ0v) is 8.30. The van der Waals surface area contributed by atoms with Gasteiger partial charge in [0.05, 0.1) is 6.54 Å². The van der Waals surface area contributed by atoms with Crippen molar-refractivity contribution >= 4 is 5.91 Å². The van der Waals surface area contributed by atoms with Crippen LogP contribution in [0, 0.1) is 0 Å². The Kier molecular flexibility index (Phi) is 4.86. The van der Waals surface area contributed by atoms with Crippen molar-refractivity contribution in [2.45, 2.75) is 46.3 Å². The second-order valence-corrected chi connectivity index (χ2v) is 2.85. The van der Waals surface area contributed by atoms with Gasteiger partial charge in [-0.3, -0.25) is 4.79 Å². The van der Waals surface area contributed by atoms with E-state index in [1.807, 2.05) is 20.8 Å². The van der Waals surface area contributed by atoms with Crippen molar-refractivity contribution in [1.82, 2.24) is 4.90 Å². The molecule has 0 bridgehead atoms. The molecule has 0 saturated carbocycles. The highest BCUT2D eigenvalue weighted by Gasteiger charge is 2.29. The van der Waals surface area contributed by atoms with Gasteiger partial charge in [0.15, 0.2) is 0 Å². The van der Waals surface area contributed by atoms with Crippen LogP contribution in [0.5, 0.6) is 0 Å². The Bertz CT molecular complexity index is 149. The van der Waals surface area contributed by atoms with Crippen molar-refractivity contribution in [3.8, 4) is 0 Å². The number of rotatable bonds is 0. The molecule has 1 rings (SSSR count). The van der Waals surface area contributed by atoms with Crippen LogP contribution in [0.3, 0.4) is 0 Å². The lowest BCUT2D eigenvalue weighted by Gasteiger charge is -2.17. The number of carbonyl (C=O) groups is 1. The summed E-state index contributed by atoms with van der Waals surface area (Å²) in [5.41, 5.74) is 0. The van der Waals surface area contributed by atoms with E-state index in [9.17, 15) is 9.18 Å². The van der Waals surface area contributed by atoms with Crippen LogP contribution in [0.1, 0.15) is 34.1 Å². The summed E-state index contributed by atoms with van der Waals surface area (Å²) < 4.78 is 12.6. The molecular weight excluding hydrogens is 157 g/mol. The number of amides is 1. The molecule has 1 fully saturated rings. The van der Waals surface area contributed by atoms with E-state index in [-0.39, 0.29) is 18.5 Å². The van der Waals surface area contributed by atoms with Gasteiger partial charge in [-0.15, -0.1) is 0 Å². The summed E-state index contributed by atoms with van der Waals surface area (Å²) in [5, 5.41) is 0. The lowest BCUT2D eigenvalue weighted by Crippen LogP contribution is -2.31. The molecule has 0 N–H and O–H groups in total. The Labute approximate surface area is 73.7 Å². The van der Waals surface area contributed by atoms with Gasteiger partial charge in [0.1, 0.15) is 6.17 Å². The smallest absolute Gasteiger partial charge is 0.219 e. The summed E-state index contributed by atoms with van der Waals surface area (Å²) in [7, 11) is 0. The Morgan fingerprint density at radius 2 is 2.00 bits per heavy atom. The standard InChI is InChI=1S/C7H12FNO.C2H6/c1-5-3-7(8)4-9(5)6(2)10;1-2/h5,7H,3-4H2,1-2H3;1-2H3. The number of hydrogen-bond acceptors (Lipinski definition) is 1. The predicted octanol–water partition coefficient (Wildman–Crippen LogP) is 1.99. The predicted molar refractivity (Wildman–Crippen MR) is 47.7 cm³/mol. The molecule has 1 amide bonds. The molecule has 1 heterocycles. The third-order valence-corrected chi connectivity index (χ3v) is 1.93. The van der Waals surface area contributed by atoms with Gasteiger partial charge in [-0.2, -0.15) is 0 Å². The fraction of sp³-hybridized carbons (Fsp3) is 0.889. The summed E-state index contributed by atoms with van der Waals surface area (Å²) >= 11 is 0. The second-order valence-electron chi connectivity index (χ2n) is 2.85. The fourth-order valence-corrected chi connectivity index (χ4v) is 1.40. The van der Waals surface area contributed by atoms with Gasteiger partial charge in [0.2, 0.25) is 5.91 Å². The number of hydrogen-bond donors (Lipinski definition) is 0. The molecule has 12 heavy (non-hydrogen) atoms. The molecule has 2 nitrogen and oxygen atoms in total. The van der Waals surface area contributed by atoms with Crippen molar-refractivity contribution in [3.63, 3.8) is 0 Å². The lowest BCUT2D eigenvalue weighted by molar-refractivity contribution is -0.129. The van der Waals surface area contributed by atoms with E-state index in [1.165, 1.54) is 6.92 Å². The molecule has 0 aliphatic carbocycles. The van der Waals surface area contributed by atoms with Gasteiger partial charge in [0, 0.05) is 19.4 Å². The molecule has 3 heteroatoms. The molecule has 0 aromatic carbocycles. The fourth-order valence-electron chi connectivity index (χ4n) is 1.40. The highest BCUT2D eigenvalue weighted by Crippen LogP contribution is 2.19. The minimum absolute atomic E-state index is 0.0207. The summed E-state index contributed by atoms with van der Waals surface area (Å²) in [5.74, 6) is -0.0207. The minimum atomic E-state index is -0.807. The maximum Gasteiger partial charge on any atom is 0.219 e. The van der Waals surface area contributed by atoms with Crippen LogP contribution in [0.2, 0.25) is 0 Å². The number of alkyl halides is 1. The van der Waals surface area contributed by atoms with Crippen molar-refractivity contribution in [2.75, 3.05) is 6.54 Å². The van der Waals surface area contributed by atoms with Crippen LogP contribution in [0.25, 0.3) is 0 Å². The van der Waals surface area contributed by atoms with Crippen LogP contribution in [0.4, 0.5) is 4.39 Å². The SMILES string of the molecule is CC.CC(=O)N1CC(F)CC1C. The molecule has 1 aliphatic heterocycles. The van der Waals surface area contributed by atoms with Crippen molar-refractivity contribution in [1.29, 1.82) is 0 Å². The Hall–Kier alpha value is -0.600.